The number of ether oxygens (including phenoxy) is 1. The second-order valence-electron chi connectivity index (χ2n) is 4.64. The first-order chi connectivity index (χ1) is 9.24. The molecule has 1 N–H and O–H groups in total. The Labute approximate surface area is 114 Å². The van der Waals surface area contributed by atoms with Crippen molar-refractivity contribution in [2.24, 2.45) is 0 Å². The van der Waals surface area contributed by atoms with E-state index in [4.69, 9.17) is 9.84 Å². The van der Waals surface area contributed by atoms with Gasteiger partial charge in [0.15, 0.2) is 0 Å². The summed E-state index contributed by atoms with van der Waals surface area (Å²) in [6.07, 6.45) is 7.41. The lowest BCUT2D eigenvalue weighted by Crippen LogP contribution is -2.04. The van der Waals surface area contributed by atoms with Crippen molar-refractivity contribution in [2.45, 2.75) is 52.1 Å². The molecule has 0 aliphatic rings. The van der Waals surface area contributed by atoms with Gasteiger partial charge in [-0.1, -0.05) is 45.1 Å². The second-order valence-corrected chi connectivity index (χ2v) is 4.64. The zero-order valence-electron chi connectivity index (χ0n) is 11.6. The van der Waals surface area contributed by atoms with Crippen LogP contribution in [0, 0.1) is 0 Å². The van der Waals surface area contributed by atoms with Crippen molar-refractivity contribution >= 4 is 5.97 Å². The van der Waals surface area contributed by atoms with Gasteiger partial charge in [-0.2, -0.15) is 0 Å². The topological polar surface area (TPSA) is 59.4 Å². The summed E-state index contributed by atoms with van der Waals surface area (Å²) in [4.78, 5) is 14.8. The van der Waals surface area contributed by atoms with Gasteiger partial charge in [-0.05, 0) is 18.6 Å². The molecule has 0 aromatic carbocycles. The third-order valence-corrected chi connectivity index (χ3v) is 2.92. The molecule has 0 aliphatic carbocycles. The highest BCUT2D eigenvalue weighted by molar-refractivity contribution is 5.85. The minimum absolute atomic E-state index is 0.0701. The lowest BCUT2D eigenvalue weighted by atomic mass is 10.1. The first kappa shape index (κ1) is 15.6. The predicted octanol–water partition coefficient (Wildman–Crippen LogP) is 3.66. The van der Waals surface area contributed by atoms with Crippen LogP contribution in [-0.4, -0.2) is 22.7 Å². The van der Waals surface area contributed by atoms with Crippen molar-refractivity contribution in [3.63, 3.8) is 0 Å². The van der Waals surface area contributed by atoms with E-state index < -0.39 is 5.97 Å². The first-order valence-electron chi connectivity index (χ1n) is 7.01. The first-order valence-corrected chi connectivity index (χ1v) is 7.01. The van der Waals surface area contributed by atoms with Gasteiger partial charge in [-0.15, -0.1) is 0 Å². The maximum absolute atomic E-state index is 10.8. The number of carboxylic acids is 1. The molecule has 4 nitrogen and oxygen atoms in total. The van der Waals surface area contributed by atoms with Crippen LogP contribution in [0.2, 0.25) is 0 Å². The van der Waals surface area contributed by atoms with Crippen LogP contribution in [0.1, 0.15) is 61.6 Å². The average Bonchev–Trinajstić information content (AvgIpc) is 2.42. The number of aromatic carboxylic acids is 1. The number of carbonyl (C=O) groups is 1. The number of aromatic nitrogens is 1. The zero-order chi connectivity index (χ0) is 13.9. The standard InChI is InChI=1S/C15H23NO3/c1-2-3-4-5-6-7-11-19-12-13-9-8-10-14(16-13)15(17)18/h8-10H,2-7,11-12H2,1H3,(H,17,18). The average molecular weight is 265 g/mol. The van der Waals surface area contributed by atoms with E-state index in [0.717, 1.165) is 6.42 Å². The fourth-order valence-electron chi connectivity index (χ4n) is 1.84. The molecule has 19 heavy (non-hydrogen) atoms. The van der Waals surface area contributed by atoms with Crippen LogP contribution < -0.4 is 0 Å². The van der Waals surface area contributed by atoms with E-state index in [9.17, 15) is 4.79 Å². The molecule has 0 unspecified atom stereocenters. The molecule has 0 radical (unpaired) electrons. The summed E-state index contributed by atoms with van der Waals surface area (Å²) in [5.41, 5.74) is 0.742. The maximum Gasteiger partial charge on any atom is 0.354 e. The van der Waals surface area contributed by atoms with Crippen molar-refractivity contribution < 1.29 is 14.6 Å². The lowest BCUT2D eigenvalue weighted by Gasteiger charge is -2.04. The molecule has 0 bridgehead atoms. The van der Waals surface area contributed by atoms with Gasteiger partial charge in [-0.3, -0.25) is 0 Å². The highest BCUT2D eigenvalue weighted by Gasteiger charge is 2.04. The fourth-order valence-corrected chi connectivity index (χ4v) is 1.84. The van der Waals surface area contributed by atoms with Crippen LogP contribution in [0.3, 0.4) is 0 Å². The van der Waals surface area contributed by atoms with Crippen LogP contribution in [0.25, 0.3) is 0 Å². The van der Waals surface area contributed by atoms with Crippen molar-refractivity contribution in [1.29, 1.82) is 0 Å². The minimum Gasteiger partial charge on any atom is -0.477 e. The predicted molar refractivity (Wildman–Crippen MR) is 74.2 cm³/mol. The number of nitrogens with zero attached hydrogens (tertiary/aromatic N) is 1. The van der Waals surface area contributed by atoms with E-state index >= 15 is 0 Å². The van der Waals surface area contributed by atoms with Gasteiger partial charge < -0.3 is 9.84 Å². The summed E-state index contributed by atoms with van der Waals surface area (Å²) < 4.78 is 5.51. The van der Waals surface area contributed by atoms with Crippen LogP contribution in [0.15, 0.2) is 18.2 Å². The molecule has 1 aromatic heterocycles. The summed E-state index contributed by atoms with van der Waals surface area (Å²) in [6, 6.07) is 4.97. The third kappa shape index (κ3) is 6.91. The van der Waals surface area contributed by atoms with Gasteiger partial charge in [0.1, 0.15) is 5.69 Å². The Morgan fingerprint density at radius 2 is 1.95 bits per heavy atom. The van der Waals surface area contributed by atoms with Crippen LogP contribution in [-0.2, 0) is 11.3 Å². The minimum atomic E-state index is -1.00. The third-order valence-electron chi connectivity index (χ3n) is 2.92. The molecule has 0 atom stereocenters. The van der Waals surface area contributed by atoms with E-state index in [-0.39, 0.29) is 5.69 Å². The van der Waals surface area contributed by atoms with Crippen molar-refractivity contribution in [1.82, 2.24) is 4.98 Å². The summed E-state index contributed by atoms with van der Waals surface area (Å²) in [7, 11) is 0. The largest absolute Gasteiger partial charge is 0.477 e. The van der Waals surface area contributed by atoms with E-state index in [0.29, 0.717) is 18.9 Å². The SMILES string of the molecule is CCCCCCCCOCc1cccc(C(=O)O)n1. The molecular weight excluding hydrogens is 242 g/mol. The zero-order valence-corrected chi connectivity index (χ0v) is 11.6. The van der Waals surface area contributed by atoms with Crippen molar-refractivity contribution in [3.05, 3.63) is 29.6 Å². The molecule has 1 aromatic rings. The maximum atomic E-state index is 10.8. The summed E-state index contributed by atoms with van der Waals surface area (Å²) in [6.45, 7) is 3.31. The van der Waals surface area contributed by atoms with Crippen molar-refractivity contribution in [2.75, 3.05) is 6.61 Å². The van der Waals surface area contributed by atoms with Gasteiger partial charge >= 0.3 is 5.97 Å². The van der Waals surface area contributed by atoms with E-state index in [2.05, 4.69) is 11.9 Å². The Morgan fingerprint density at radius 1 is 1.21 bits per heavy atom. The molecule has 0 amide bonds. The Morgan fingerprint density at radius 3 is 2.68 bits per heavy atom. The number of hydrogen-bond acceptors (Lipinski definition) is 3. The molecule has 0 spiro atoms. The number of rotatable bonds is 10. The fraction of sp³-hybridized carbons (Fsp3) is 0.600. The van der Waals surface area contributed by atoms with Gasteiger partial charge in [0.25, 0.3) is 0 Å². The number of carboxylic acid groups (broad SMARTS) is 1. The number of hydrogen-bond donors (Lipinski definition) is 1. The van der Waals surface area contributed by atoms with Gasteiger partial charge in [-0.25, -0.2) is 9.78 Å². The molecule has 0 saturated heterocycles. The molecule has 106 valence electrons. The Hall–Kier alpha value is -1.42. The van der Waals surface area contributed by atoms with E-state index in [1.807, 2.05) is 0 Å². The molecule has 1 rings (SSSR count). The second kappa shape index (κ2) is 9.50. The monoisotopic (exact) mass is 265 g/mol. The smallest absolute Gasteiger partial charge is 0.354 e. The molecular formula is C15H23NO3. The van der Waals surface area contributed by atoms with Crippen LogP contribution in [0.4, 0.5) is 0 Å². The van der Waals surface area contributed by atoms with E-state index in [1.165, 1.54) is 38.2 Å². The molecule has 4 heteroatoms. The Balaban J connectivity index is 2.12. The molecule has 0 fully saturated rings. The molecule has 1 heterocycles. The van der Waals surface area contributed by atoms with Gasteiger partial charge in [0.05, 0.1) is 12.3 Å². The Kier molecular flexibility index (Phi) is 7.82. The summed E-state index contributed by atoms with van der Waals surface area (Å²) in [5, 5.41) is 8.82. The van der Waals surface area contributed by atoms with Crippen LogP contribution >= 0.6 is 0 Å². The summed E-state index contributed by atoms with van der Waals surface area (Å²) in [5.74, 6) is -1.00. The number of pyridine rings is 1. The summed E-state index contributed by atoms with van der Waals surface area (Å²) >= 11 is 0. The highest BCUT2D eigenvalue weighted by atomic mass is 16.5. The normalized spacial score (nSPS) is 10.6. The highest BCUT2D eigenvalue weighted by Crippen LogP contribution is 2.06. The molecule has 0 saturated carbocycles. The number of unbranched alkanes of at least 4 members (excludes halogenated alkanes) is 5. The van der Waals surface area contributed by atoms with Gasteiger partial charge in [0.2, 0.25) is 0 Å². The quantitative estimate of drug-likeness (QED) is 0.656. The van der Waals surface area contributed by atoms with E-state index in [1.54, 1.807) is 12.1 Å². The van der Waals surface area contributed by atoms with Gasteiger partial charge in [0, 0.05) is 6.61 Å². The van der Waals surface area contributed by atoms with Crippen molar-refractivity contribution in [3.8, 4) is 0 Å². The Bertz CT molecular complexity index is 379. The van der Waals surface area contributed by atoms with Crippen LogP contribution in [0.5, 0.6) is 0 Å². The molecule has 0 aliphatic heterocycles. The lowest BCUT2D eigenvalue weighted by molar-refractivity contribution is 0.0688.